The molecule has 0 spiro atoms. The van der Waals surface area contributed by atoms with E-state index < -0.39 is 0 Å². The summed E-state index contributed by atoms with van der Waals surface area (Å²) in [6.45, 7) is 5.31. The summed E-state index contributed by atoms with van der Waals surface area (Å²) in [4.78, 5) is 4.20. The second-order valence-corrected chi connectivity index (χ2v) is 6.05. The first-order valence-electron chi connectivity index (χ1n) is 7.75. The van der Waals surface area contributed by atoms with Crippen LogP contribution in [0.5, 0.6) is 0 Å². The number of nitrogens with one attached hydrogen (secondary N) is 2. The molecule has 1 aromatic heterocycles. The molecule has 0 fully saturated rings. The van der Waals surface area contributed by atoms with E-state index in [1.165, 1.54) is 6.07 Å². The number of hydrogen-bond donors (Lipinski definition) is 2. The summed E-state index contributed by atoms with van der Waals surface area (Å²) in [6, 6.07) is 10.7. The van der Waals surface area contributed by atoms with E-state index in [2.05, 4.69) is 15.6 Å². The average molecular weight is 317 g/mol. The van der Waals surface area contributed by atoms with Crippen molar-refractivity contribution in [3.05, 3.63) is 59.8 Å². The van der Waals surface area contributed by atoms with Crippen LogP contribution >= 0.6 is 0 Å². The SMILES string of the molecule is CN=C(NCCc1ccco1)NCC(C)(C)c1ccccc1F. The largest absolute Gasteiger partial charge is 0.469 e. The highest BCUT2D eigenvalue weighted by atomic mass is 19.1. The summed E-state index contributed by atoms with van der Waals surface area (Å²) in [5, 5.41) is 6.49. The van der Waals surface area contributed by atoms with Crippen LogP contribution in [0.1, 0.15) is 25.2 Å². The van der Waals surface area contributed by atoms with Gasteiger partial charge in [0.15, 0.2) is 5.96 Å². The van der Waals surface area contributed by atoms with Gasteiger partial charge in [-0.25, -0.2) is 4.39 Å². The Morgan fingerprint density at radius 2 is 1.96 bits per heavy atom. The Bertz CT molecular complexity index is 635. The normalized spacial score (nSPS) is 12.3. The lowest BCUT2D eigenvalue weighted by molar-refractivity contribution is 0.472. The molecule has 0 radical (unpaired) electrons. The van der Waals surface area contributed by atoms with E-state index in [-0.39, 0.29) is 11.2 Å². The van der Waals surface area contributed by atoms with Crippen molar-refractivity contribution in [1.82, 2.24) is 10.6 Å². The Morgan fingerprint density at radius 3 is 2.61 bits per heavy atom. The van der Waals surface area contributed by atoms with Gasteiger partial charge < -0.3 is 15.1 Å². The molecule has 23 heavy (non-hydrogen) atoms. The van der Waals surface area contributed by atoms with E-state index >= 15 is 0 Å². The first-order valence-corrected chi connectivity index (χ1v) is 7.75. The highest BCUT2D eigenvalue weighted by molar-refractivity contribution is 5.79. The molecule has 0 amide bonds. The number of guanidine groups is 1. The monoisotopic (exact) mass is 317 g/mol. The molecule has 2 N–H and O–H groups in total. The number of furan rings is 1. The quantitative estimate of drug-likeness (QED) is 0.636. The molecule has 0 aliphatic rings. The fourth-order valence-electron chi connectivity index (χ4n) is 2.39. The maximum atomic E-state index is 14.0. The highest BCUT2D eigenvalue weighted by Crippen LogP contribution is 2.24. The van der Waals surface area contributed by atoms with Crippen LogP contribution in [-0.4, -0.2) is 26.1 Å². The molecule has 1 aromatic carbocycles. The van der Waals surface area contributed by atoms with E-state index in [4.69, 9.17) is 4.42 Å². The zero-order valence-corrected chi connectivity index (χ0v) is 13.9. The third-order valence-corrected chi connectivity index (χ3v) is 3.77. The number of nitrogens with zero attached hydrogens (tertiary/aromatic N) is 1. The lowest BCUT2D eigenvalue weighted by Crippen LogP contribution is -2.44. The van der Waals surface area contributed by atoms with Crippen LogP contribution in [0.3, 0.4) is 0 Å². The van der Waals surface area contributed by atoms with Gasteiger partial charge in [-0.15, -0.1) is 0 Å². The molecule has 1 heterocycles. The van der Waals surface area contributed by atoms with Crippen LogP contribution in [0.15, 0.2) is 52.1 Å². The van der Waals surface area contributed by atoms with Crippen LogP contribution in [0.25, 0.3) is 0 Å². The summed E-state index contributed by atoms with van der Waals surface area (Å²) < 4.78 is 19.3. The Morgan fingerprint density at radius 1 is 1.17 bits per heavy atom. The minimum absolute atomic E-state index is 0.180. The summed E-state index contributed by atoms with van der Waals surface area (Å²) in [5.41, 5.74) is 0.350. The molecule has 0 saturated carbocycles. The van der Waals surface area contributed by atoms with Crippen LogP contribution in [0.2, 0.25) is 0 Å². The number of rotatable bonds is 6. The van der Waals surface area contributed by atoms with Crippen molar-refractivity contribution in [1.29, 1.82) is 0 Å². The van der Waals surface area contributed by atoms with Gasteiger partial charge in [0.2, 0.25) is 0 Å². The van der Waals surface area contributed by atoms with E-state index in [9.17, 15) is 4.39 Å². The molecular weight excluding hydrogens is 293 g/mol. The van der Waals surface area contributed by atoms with E-state index in [0.717, 1.165) is 12.2 Å². The molecule has 5 heteroatoms. The summed E-state index contributed by atoms with van der Waals surface area (Å²) >= 11 is 0. The van der Waals surface area contributed by atoms with E-state index in [1.807, 2.05) is 38.1 Å². The van der Waals surface area contributed by atoms with Crippen LogP contribution in [0, 0.1) is 5.82 Å². The zero-order valence-electron chi connectivity index (χ0n) is 13.9. The second kappa shape index (κ2) is 7.81. The van der Waals surface area contributed by atoms with Gasteiger partial charge in [-0.2, -0.15) is 0 Å². The highest BCUT2D eigenvalue weighted by Gasteiger charge is 2.24. The van der Waals surface area contributed by atoms with Gasteiger partial charge in [0.1, 0.15) is 11.6 Å². The fourth-order valence-corrected chi connectivity index (χ4v) is 2.39. The molecule has 2 aromatic rings. The molecule has 0 unspecified atom stereocenters. The lowest BCUT2D eigenvalue weighted by atomic mass is 9.84. The molecule has 0 bridgehead atoms. The van der Waals surface area contributed by atoms with E-state index in [0.29, 0.717) is 24.6 Å². The second-order valence-electron chi connectivity index (χ2n) is 6.05. The van der Waals surface area contributed by atoms with Gasteiger partial charge in [0.25, 0.3) is 0 Å². The van der Waals surface area contributed by atoms with Crippen molar-refractivity contribution < 1.29 is 8.81 Å². The van der Waals surface area contributed by atoms with Crippen molar-refractivity contribution in [3.8, 4) is 0 Å². The summed E-state index contributed by atoms with van der Waals surface area (Å²) in [6.07, 6.45) is 2.45. The zero-order chi connectivity index (χ0) is 16.7. The number of halogens is 1. The van der Waals surface area contributed by atoms with Crippen molar-refractivity contribution in [3.63, 3.8) is 0 Å². The number of hydrogen-bond acceptors (Lipinski definition) is 2. The minimum Gasteiger partial charge on any atom is -0.469 e. The molecule has 4 nitrogen and oxygen atoms in total. The predicted molar refractivity (Wildman–Crippen MR) is 91.2 cm³/mol. The molecular formula is C18H24FN3O. The number of benzene rings is 1. The number of aliphatic imine (C=N–C) groups is 1. The predicted octanol–water partition coefficient (Wildman–Crippen LogP) is 3.10. The third-order valence-electron chi connectivity index (χ3n) is 3.77. The topological polar surface area (TPSA) is 49.6 Å². The Kier molecular flexibility index (Phi) is 5.79. The van der Waals surface area contributed by atoms with Gasteiger partial charge in [0.05, 0.1) is 6.26 Å². The molecule has 0 atom stereocenters. The minimum atomic E-state index is -0.343. The van der Waals surface area contributed by atoms with Gasteiger partial charge >= 0.3 is 0 Å². The molecule has 124 valence electrons. The van der Waals surface area contributed by atoms with Crippen LogP contribution in [-0.2, 0) is 11.8 Å². The first-order chi connectivity index (χ1) is 11.0. The molecule has 0 aliphatic heterocycles. The van der Waals surface area contributed by atoms with E-state index in [1.54, 1.807) is 19.4 Å². The first kappa shape index (κ1) is 17.1. The summed E-state index contributed by atoms with van der Waals surface area (Å²) in [5.74, 6) is 1.45. The maximum absolute atomic E-state index is 14.0. The van der Waals surface area contributed by atoms with Crippen molar-refractivity contribution in [2.24, 2.45) is 4.99 Å². The van der Waals surface area contributed by atoms with Crippen LogP contribution in [0.4, 0.5) is 4.39 Å². The van der Waals surface area contributed by atoms with Gasteiger partial charge in [-0.3, -0.25) is 4.99 Å². The van der Waals surface area contributed by atoms with Crippen LogP contribution < -0.4 is 10.6 Å². The fraction of sp³-hybridized carbons (Fsp3) is 0.389. The molecule has 2 rings (SSSR count). The third kappa shape index (κ3) is 4.84. The molecule has 0 aliphatic carbocycles. The molecule has 0 saturated heterocycles. The lowest BCUT2D eigenvalue weighted by Gasteiger charge is -2.27. The van der Waals surface area contributed by atoms with Crippen molar-refractivity contribution in [2.45, 2.75) is 25.7 Å². The maximum Gasteiger partial charge on any atom is 0.191 e. The van der Waals surface area contributed by atoms with Gasteiger partial charge in [-0.1, -0.05) is 32.0 Å². The smallest absolute Gasteiger partial charge is 0.191 e. The Hall–Kier alpha value is -2.30. The standard InChI is InChI=1S/C18H24FN3O/c1-18(2,15-8-4-5-9-16(15)19)13-22-17(20-3)21-11-10-14-7-6-12-23-14/h4-9,12H,10-11,13H2,1-3H3,(H2,20,21,22). The van der Waals surface area contributed by atoms with Crippen molar-refractivity contribution in [2.75, 3.05) is 20.1 Å². The average Bonchev–Trinajstić information content (AvgIpc) is 3.04. The van der Waals surface area contributed by atoms with Gasteiger partial charge in [-0.05, 0) is 23.8 Å². The van der Waals surface area contributed by atoms with Gasteiger partial charge in [0, 0.05) is 32.0 Å². The van der Waals surface area contributed by atoms with Crippen molar-refractivity contribution >= 4 is 5.96 Å². The Balaban J connectivity index is 1.86. The Labute approximate surface area is 136 Å². The summed E-state index contributed by atoms with van der Waals surface area (Å²) in [7, 11) is 1.72.